The highest BCUT2D eigenvalue weighted by molar-refractivity contribution is 7.87. The molecule has 0 bridgehead atoms. The van der Waals surface area contributed by atoms with Crippen molar-refractivity contribution in [2.24, 2.45) is 7.05 Å². The first-order chi connectivity index (χ1) is 17.7. The van der Waals surface area contributed by atoms with Crippen LogP contribution in [0.15, 0.2) is 54.7 Å². The summed E-state index contributed by atoms with van der Waals surface area (Å²) in [7, 11) is -1.89. The predicted octanol–water partition coefficient (Wildman–Crippen LogP) is 2.54. The van der Waals surface area contributed by atoms with Gasteiger partial charge >= 0.3 is 5.97 Å². The topological polar surface area (TPSA) is 119 Å². The molecule has 0 amide bonds. The molecule has 37 heavy (non-hydrogen) atoms. The Morgan fingerprint density at radius 2 is 1.73 bits per heavy atom. The maximum atomic E-state index is 12.4. The number of benzene rings is 2. The van der Waals surface area contributed by atoms with Crippen molar-refractivity contribution >= 4 is 38.8 Å². The summed E-state index contributed by atoms with van der Waals surface area (Å²) in [6, 6.07) is 14.6. The number of piperazine rings is 1. The standard InChI is InChI=1S/C27H27N5O4S/c1-20(27(33)34)29-37(35,36)32-16-14-31(15-17-32)24-10-7-21(8-11-24)5-6-22-9-12-26-25(18-22)23(4-3-13-28)19-30(26)2/h3-4,7-12,18-20,29H,14-17H2,1-2H3,(H,33,34)/t20-/m1/s1. The maximum absolute atomic E-state index is 12.4. The van der Waals surface area contributed by atoms with Gasteiger partial charge in [0.25, 0.3) is 10.2 Å². The lowest BCUT2D eigenvalue weighted by Gasteiger charge is -2.35. The van der Waals surface area contributed by atoms with Gasteiger partial charge in [-0.05, 0) is 55.5 Å². The van der Waals surface area contributed by atoms with Gasteiger partial charge in [0, 0.05) is 78.8 Å². The van der Waals surface area contributed by atoms with Crippen molar-refractivity contribution in [3.8, 4) is 17.9 Å². The minimum atomic E-state index is -3.86. The van der Waals surface area contributed by atoms with Crippen LogP contribution in [0.4, 0.5) is 5.69 Å². The minimum absolute atomic E-state index is 0.261. The Bertz CT molecular complexity index is 1550. The molecule has 0 saturated carbocycles. The molecule has 190 valence electrons. The lowest BCUT2D eigenvalue weighted by atomic mass is 10.1. The fourth-order valence-electron chi connectivity index (χ4n) is 4.20. The molecule has 3 aromatic rings. The molecule has 2 aromatic carbocycles. The van der Waals surface area contributed by atoms with Crippen LogP contribution < -0.4 is 9.62 Å². The van der Waals surface area contributed by atoms with E-state index in [9.17, 15) is 13.2 Å². The van der Waals surface area contributed by atoms with E-state index in [1.54, 1.807) is 6.08 Å². The summed E-state index contributed by atoms with van der Waals surface area (Å²) in [5.74, 6) is 5.18. The van der Waals surface area contributed by atoms with Crippen molar-refractivity contribution in [3.05, 3.63) is 71.4 Å². The van der Waals surface area contributed by atoms with E-state index >= 15 is 0 Å². The molecule has 0 unspecified atom stereocenters. The second-order valence-electron chi connectivity index (χ2n) is 8.76. The third-order valence-corrected chi connectivity index (χ3v) is 7.91. The second-order valence-corrected chi connectivity index (χ2v) is 10.5. The monoisotopic (exact) mass is 517 g/mol. The molecular weight excluding hydrogens is 490 g/mol. The van der Waals surface area contributed by atoms with E-state index < -0.39 is 22.2 Å². The van der Waals surface area contributed by atoms with Crippen LogP contribution in [0, 0.1) is 23.2 Å². The number of aryl methyl sites for hydroxylation is 1. The molecule has 2 N–H and O–H groups in total. The first-order valence-electron chi connectivity index (χ1n) is 11.7. The Morgan fingerprint density at radius 1 is 1.08 bits per heavy atom. The molecule has 1 fully saturated rings. The van der Waals surface area contributed by atoms with E-state index in [4.69, 9.17) is 10.4 Å². The largest absolute Gasteiger partial charge is 0.480 e. The van der Waals surface area contributed by atoms with Gasteiger partial charge in [0.15, 0.2) is 0 Å². The Kier molecular flexibility index (Phi) is 7.65. The smallest absolute Gasteiger partial charge is 0.321 e. The number of nitrogens with one attached hydrogen (secondary N) is 1. The first kappa shape index (κ1) is 26.0. The molecule has 9 nitrogen and oxygen atoms in total. The highest BCUT2D eigenvalue weighted by Crippen LogP contribution is 2.23. The van der Waals surface area contributed by atoms with Crippen LogP contribution in [0.2, 0.25) is 0 Å². The van der Waals surface area contributed by atoms with Crippen LogP contribution in [0.1, 0.15) is 23.6 Å². The van der Waals surface area contributed by atoms with E-state index in [0.717, 1.165) is 33.3 Å². The zero-order valence-corrected chi connectivity index (χ0v) is 21.4. The van der Waals surface area contributed by atoms with Crippen LogP contribution in [-0.4, -0.2) is 60.6 Å². The molecule has 1 aliphatic rings. The Hall–Kier alpha value is -4.09. The second kappa shape index (κ2) is 10.9. The SMILES string of the molecule is C[C@@H](NS(=O)(=O)N1CCN(c2ccc(C#Cc3ccc4c(c3)c(C=CC#N)cn4C)cc2)CC1)C(=O)O. The number of anilines is 1. The molecule has 0 spiro atoms. The Labute approximate surface area is 216 Å². The molecule has 4 rings (SSSR count). The minimum Gasteiger partial charge on any atom is -0.480 e. The third-order valence-electron chi connectivity index (χ3n) is 6.22. The van der Waals surface area contributed by atoms with Crippen LogP contribution in [0.3, 0.4) is 0 Å². The van der Waals surface area contributed by atoms with Crippen molar-refractivity contribution in [2.45, 2.75) is 13.0 Å². The summed E-state index contributed by atoms with van der Waals surface area (Å²) in [5, 5.41) is 18.8. The number of allylic oxidation sites excluding steroid dienone is 1. The van der Waals surface area contributed by atoms with E-state index in [-0.39, 0.29) is 13.1 Å². The van der Waals surface area contributed by atoms with E-state index in [1.807, 2.05) is 66.3 Å². The zero-order valence-electron chi connectivity index (χ0n) is 20.5. The van der Waals surface area contributed by atoms with Crippen LogP contribution in [-0.2, 0) is 22.1 Å². The highest BCUT2D eigenvalue weighted by atomic mass is 32.2. The maximum Gasteiger partial charge on any atom is 0.321 e. The molecule has 2 heterocycles. The number of hydrogen-bond acceptors (Lipinski definition) is 5. The summed E-state index contributed by atoms with van der Waals surface area (Å²) in [5.41, 5.74) is 4.72. The molecule has 1 atom stereocenters. The van der Waals surface area contributed by atoms with E-state index in [2.05, 4.69) is 21.5 Å². The summed E-state index contributed by atoms with van der Waals surface area (Å²) in [6.45, 7) is 2.81. The summed E-state index contributed by atoms with van der Waals surface area (Å²) in [6.07, 6.45) is 5.24. The zero-order chi connectivity index (χ0) is 26.6. The molecule has 0 radical (unpaired) electrons. The number of nitrogens with zero attached hydrogens (tertiary/aromatic N) is 4. The summed E-state index contributed by atoms with van der Waals surface area (Å²) >= 11 is 0. The summed E-state index contributed by atoms with van der Waals surface area (Å²) < 4.78 is 30.3. The van der Waals surface area contributed by atoms with Gasteiger partial charge in [0.05, 0.1) is 6.07 Å². The quantitative estimate of drug-likeness (QED) is 0.383. The number of aliphatic carboxylic acids is 1. The Morgan fingerprint density at radius 3 is 2.38 bits per heavy atom. The lowest BCUT2D eigenvalue weighted by molar-refractivity contribution is -0.138. The first-order valence-corrected chi connectivity index (χ1v) is 13.1. The van der Waals surface area contributed by atoms with Gasteiger partial charge in [0.1, 0.15) is 6.04 Å². The third kappa shape index (κ3) is 6.01. The number of nitriles is 1. The number of hydrogen-bond donors (Lipinski definition) is 2. The number of rotatable bonds is 6. The molecule has 10 heteroatoms. The number of fused-ring (bicyclic) bond motifs is 1. The average Bonchev–Trinajstić information content (AvgIpc) is 3.21. The number of carboxylic acid groups (broad SMARTS) is 1. The summed E-state index contributed by atoms with van der Waals surface area (Å²) in [4.78, 5) is 13.1. The lowest BCUT2D eigenvalue weighted by Crippen LogP contribution is -2.54. The van der Waals surface area contributed by atoms with Gasteiger partial charge in [0.2, 0.25) is 0 Å². The molecule has 1 saturated heterocycles. The van der Waals surface area contributed by atoms with E-state index in [0.29, 0.717) is 13.1 Å². The van der Waals surface area contributed by atoms with Crippen molar-refractivity contribution in [1.29, 1.82) is 5.26 Å². The van der Waals surface area contributed by atoms with Gasteiger partial charge in [-0.25, -0.2) is 0 Å². The van der Waals surface area contributed by atoms with Gasteiger partial charge in [-0.2, -0.15) is 22.7 Å². The van der Waals surface area contributed by atoms with Crippen molar-refractivity contribution in [2.75, 3.05) is 31.1 Å². The molecule has 0 aliphatic carbocycles. The fraction of sp³-hybridized carbons (Fsp3) is 0.259. The Balaban J connectivity index is 1.41. The van der Waals surface area contributed by atoms with Crippen molar-refractivity contribution in [3.63, 3.8) is 0 Å². The van der Waals surface area contributed by atoms with E-state index in [1.165, 1.54) is 17.3 Å². The van der Waals surface area contributed by atoms with Crippen LogP contribution in [0.25, 0.3) is 17.0 Å². The van der Waals surface area contributed by atoms with Crippen LogP contribution in [0.5, 0.6) is 0 Å². The number of carbonyl (C=O) groups is 1. The molecule has 1 aromatic heterocycles. The normalized spacial score (nSPS) is 15.3. The van der Waals surface area contributed by atoms with Crippen LogP contribution >= 0.6 is 0 Å². The van der Waals surface area contributed by atoms with Crippen molar-refractivity contribution < 1.29 is 18.3 Å². The number of aromatic nitrogens is 1. The average molecular weight is 518 g/mol. The van der Waals surface area contributed by atoms with Gasteiger partial charge in [-0.15, -0.1) is 0 Å². The fourth-order valence-corrected chi connectivity index (χ4v) is 5.54. The van der Waals surface area contributed by atoms with Gasteiger partial charge < -0.3 is 14.6 Å². The highest BCUT2D eigenvalue weighted by Gasteiger charge is 2.29. The van der Waals surface area contributed by atoms with Gasteiger partial charge in [-0.1, -0.05) is 11.8 Å². The van der Waals surface area contributed by atoms with Gasteiger partial charge in [-0.3, -0.25) is 4.79 Å². The molecular formula is C27H27N5O4S. The van der Waals surface area contributed by atoms with Crippen molar-refractivity contribution in [1.82, 2.24) is 13.6 Å². The molecule has 1 aliphatic heterocycles. The predicted molar refractivity (Wildman–Crippen MR) is 143 cm³/mol. The number of carboxylic acids is 1.